The quantitative estimate of drug-likeness (QED) is 0.696. The van der Waals surface area contributed by atoms with E-state index in [1.165, 1.54) is 0 Å². The number of nitrogens with zero attached hydrogens (tertiary/aromatic N) is 1. The fourth-order valence-corrected chi connectivity index (χ4v) is 1.50. The van der Waals surface area contributed by atoms with Gasteiger partial charge < -0.3 is 10.2 Å². The summed E-state index contributed by atoms with van der Waals surface area (Å²) in [5.74, 6) is 0.359. The minimum absolute atomic E-state index is 0.359. The van der Waals surface area contributed by atoms with Gasteiger partial charge in [-0.2, -0.15) is 0 Å². The lowest BCUT2D eigenvalue weighted by molar-refractivity contribution is -0.116. The Kier molecular flexibility index (Phi) is 3.88. The van der Waals surface area contributed by atoms with Gasteiger partial charge in [0.15, 0.2) is 0 Å². The summed E-state index contributed by atoms with van der Waals surface area (Å²) in [6, 6.07) is 1.02. The molecule has 3 heteroatoms. The van der Waals surface area contributed by atoms with Gasteiger partial charge in [0, 0.05) is 18.5 Å². The number of Topliss-reactive ketones (excluding diaryl/α,β-unsaturated/α-hetero) is 1. The summed E-state index contributed by atoms with van der Waals surface area (Å²) in [6.07, 6.45) is 1.81. The van der Waals surface area contributed by atoms with E-state index in [0.29, 0.717) is 24.4 Å². The molecule has 0 saturated carbocycles. The number of hydrogen-bond acceptors (Lipinski definition) is 3. The van der Waals surface area contributed by atoms with Crippen molar-refractivity contribution in [1.29, 1.82) is 0 Å². The van der Waals surface area contributed by atoms with Crippen molar-refractivity contribution in [1.82, 2.24) is 10.2 Å². The highest BCUT2D eigenvalue weighted by atomic mass is 16.1. The van der Waals surface area contributed by atoms with Gasteiger partial charge in [0.05, 0.1) is 6.54 Å². The Balaban J connectivity index is 2.16. The second-order valence-corrected chi connectivity index (χ2v) is 4.18. The van der Waals surface area contributed by atoms with E-state index >= 15 is 0 Å². The van der Waals surface area contributed by atoms with Gasteiger partial charge in [-0.3, -0.25) is 4.79 Å². The lowest BCUT2D eigenvalue weighted by Gasteiger charge is -2.22. The minimum atomic E-state index is 0.359. The first-order valence-corrected chi connectivity index (χ1v) is 5.05. The Hall–Kier alpha value is -0.410. The van der Waals surface area contributed by atoms with Crippen LogP contribution in [-0.4, -0.2) is 42.9 Å². The zero-order valence-corrected chi connectivity index (χ0v) is 8.84. The maximum Gasteiger partial charge on any atom is 0.148 e. The molecule has 1 N–H and O–H groups in total. The van der Waals surface area contributed by atoms with Gasteiger partial charge in [-0.1, -0.05) is 0 Å². The summed E-state index contributed by atoms with van der Waals surface area (Å²) in [5, 5.41) is 3.22. The van der Waals surface area contributed by atoms with Crippen molar-refractivity contribution in [3.8, 4) is 0 Å². The summed E-state index contributed by atoms with van der Waals surface area (Å²) >= 11 is 0. The third-order valence-electron chi connectivity index (χ3n) is 2.77. The fourth-order valence-electron chi connectivity index (χ4n) is 1.50. The maximum absolute atomic E-state index is 11.0. The zero-order valence-electron chi connectivity index (χ0n) is 8.84. The molecular formula is C10H20N2O. The first-order chi connectivity index (χ1) is 6.09. The topological polar surface area (TPSA) is 32.3 Å². The average Bonchev–Trinajstić information content (AvgIpc) is 2.47. The van der Waals surface area contributed by atoms with Gasteiger partial charge in [0.25, 0.3) is 0 Å². The average molecular weight is 184 g/mol. The number of ketones is 1. The van der Waals surface area contributed by atoms with E-state index in [1.807, 2.05) is 0 Å². The molecule has 1 fully saturated rings. The summed E-state index contributed by atoms with van der Waals surface area (Å²) < 4.78 is 0. The van der Waals surface area contributed by atoms with Crippen LogP contribution in [0.4, 0.5) is 0 Å². The molecule has 1 rings (SSSR count). The van der Waals surface area contributed by atoms with Crippen LogP contribution in [0.2, 0.25) is 0 Å². The first kappa shape index (κ1) is 10.7. The second kappa shape index (κ2) is 4.72. The molecule has 0 bridgehead atoms. The smallest absolute Gasteiger partial charge is 0.148 e. The molecule has 0 aromatic rings. The molecule has 76 valence electrons. The Morgan fingerprint density at radius 1 is 1.62 bits per heavy atom. The van der Waals surface area contributed by atoms with Gasteiger partial charge in [0.2, 0.25) is 0 Å². The van der Waals surface area contributed by atoms with Gasteiger partial charge >= 0.3 is 0 Å². The molecule has 3 nitrogen and oxygen atoms in total. The molecule has 13 heavy (non-hydrogen) atoms. The first-order valence-electron chi connectivity index (χ1n) is 5.05. The highest BCUT2D eigenvalue weighted by Crippen LogP contribution is 2.07. The van der Waals surface area contributed by atoms with E-state index in [2.05, 4.69) is 31.1 Å². The Morgan fingerprint density at radius 2 is 2.31 bits per heavy atom. The second-order valence-electron chi connectivity index (χ2n) is 4.18. The van der Waals surface area contributed by atoms with Gasteiger partial charge in [-0.25, -0.2) is 0 Å². The SMILES string of the molecule is CC(C)N(C)CCC1CC(=O)CN1. The molecule has 0 spiro atoms. The predicted octanol–water partition coefficient (Wildman–Crippen LogP) is 0.648. The molecule has 0 amide bonds. The molecule has 0 aromatic heterocycles. The summed E-state index contributed by atoms with van der Waals surface area (Å²) in [6.45, 7) is 6.03. The lowest BCUT2D eigenvalue weighted by atomic mass is 10.1. The van der Waals surface area contributed by atoms with Crippen molar-refractivity contribution >= 4 is 5.78 Å². The van der Waals surface area contributed by atoms with Crippen LogP contribution in [0, 0.1) is 0 Å². The van der Waals surface area contributed by atoms with Crippen molar-refractivity contribution < 1.29 is 4.79 Å². The van der Waals surface area contributed by atoms with Crippen LogP contribution >= 0.6 is 0 Å². The van der Waals surface area contributed by atoms with Crippen LogP contribution in [0.15, 0.2) is 0 Å². The van der Waals surface area contributed by atoms with Crippen LogP contribution in [0.25, 0.3) is 0 Å². The number of rotatable bonds is 4. The predicted molar refractivity (Wildman–Crippen MR) is 53.8 cm³/mol. The van der Waals surface area contributed by atoms with Crippen LogP contribution in [0.3, 0.4) is 0 Å². The van der Waals surface area contributed by atoms with E-state index in [0.717, 1.165) is 19.4 Å². The summed E-state index contributed by atoms with van der Waals surface area (Å²) in [7, 11) is 2.13. The van der Waals surface area contributed by atoms with E-state index in [1.54, 1.807) is 0 Å². The molecule has 0 aliphatic carbocycles. The zero-order chi connectivity index (χ0) is 9.84. The van der Waals surface area contributed by atoms with Crippen molar-refractivity contribution in [2.45, 2.75) is 38.8 Å². The van der Waals surface area contributed by atoms with E-state index in [9.17, 15) is 4.79 Å². The number of hydrogen-bond donors (Lipinski definition) is 1. The molecule has 1 aliphatic heterocycles. The molecule has 1 heterocycles. The highest BCUT2D eigenvalue weighted by molar-refractivity contribution is 5.83. The highest BCUT2D eigenvalue weighted by Gasteiger charge is 2.21. The lowest BCUT2D eigenvalue weighted by Crippen LogP contribution is -2.32. The molecule has 1 saturated heterocycles. The monoisotopic (exact) mass is 184 g/mol. The van der Waals surface area contributed by atoms with E-state index < -0.39 is 0 Å². The van der Waals surface area contributed by atoms with Crippen LogP contribution < -0.4 is 5.32 Å². The standard InChI is InChI=1S/C10H20N2O/c1-8(2)12(3)5-4-9-6-10(13)7-11-9/h8-9,11H,4-7H2,1-3H3. The molecule has 1 unspecified atom stereocenters. The van der Waals surface area contributed by atoms with Gasteiger partial charge in [-0.05, 0) is 33.9 Å². The fraction of sp³-hybridized carbons (Fsp3) is 0.900. The Morgan fingerprint density at radius 3 is 2.77 bits per heavy atom. The number of carbonyl (C=O) groups is 1. The van der Waals surface area contributed by atoms with Crippen LogP contribution in [0.5, 0.6) is 0 Å². The maximum atomic E-state index is 11.0. The number of carbonyl (C=O) groups excluding carboxylic acids is 1. The minimum Gasteiger partial charge on any atom is -0.307 e. The largest absolute Gasteiger partial charge is 0.307 e. The molecule has 1 atom stereocenters. The van der Waals surface area contributed by atoms with Crippen molar-refractivity contribution in [3.63, 3.8) is 0 Å². The third kappa shape index (κ3) is 3.44. The summed E-state index contributed by atoms with van der Waals surface area (Å²) in [4.78, 5) is 13.3. The van der Waals surface area contributed by atoms with Crippen molar-refractivity contribution in [3.05, 3.63) is 0 Å². The summed E-state index contributed by atoms with van der Waals surface area (Å²) in [5.41, 5.74) is 0. The van der Waals surface area contributed by atoms with Crippen LogP contribution in [0.1, 0.15) is 26.7 Å². The Labute approximate surface area is 80.5 Å². The Bertz CT molecular complexity index is 180. The van der Waals surface area contributed by atoms with Crippen LogP contribution in [-0.2, 0) is 4.79 Å². The van der Waals surface area contributed by atoms with E-state index in [4.69, 9.17) is 0 Å². The molecule has 0 aromatic carbocycles. The van der Waals surface area contributed by atoms with Gasteiger partial charge in [0.1, 0.15) is 5.78 Å². The van der Waals surface area contributed by atoms with Gasteiger partial charge in [-0.15, -0.1) is 0 Å². The molecular weight excluding hydrogens is 164 g/mol. The normalized spacial score (nSPS) is 23.5. The van der Waals surface area contributed by atoms with E-state index in [-0.39, 0.29) is 0 Å². The molecule has 0 radical (unpaired) electrons. The van der Waals surface area contributed by atoms with Crippen molar-refractivity contribution in [2.24, 2.45) is 0 Å². The number of nitrogens with one attached hydrogen (secondary N) is 1. The van der Waals surface area contributed by atoms with Crippen molar-refractivity contribution in [2.75, 3.05) is 20.1 Å². The third-order valence-corrected chi connectivity index (χ3v) is 2.77. The molecule has 1 aliphatic rings.